The summed E-state index contributed by atoms with van der Waals surface area (Å²) >= 11 is 0. The van der Waals surface area contributed by atoms with Gasteiger partial charge in [-0.05, 0) is 69.6 Å². The van der Waals surface area contributed by atoms with Crippen molar-refractivity contribution < 1.29 is 9.53 Å². The number of carbonyl (C=O) groups excluding carboxylic acids is 1. The molecule has 0 aliphatic carbocycles. The number of benzene rings is 1. The number of hydrogen-bond donors (Lipinski definition) is 2. The van der Waals surface area contributed by atoms with Crippen molar-refractivity contribution in [3.8, 4) is 0 Å². The van der Waals surface area contributed by atoms with Crippen LogP contribution < -0.4 is 10.6 Å². The number of ether oxygens (including phenoxy) is 1. The predicted octanol–water partition coefficient (Wildman–Crippen LogP) is 2.63. The van der Waals surface area contributed by atoms with E-state index in [9.17, 15) is 4.79 Å². The van der Waals surface area contributed by atoms with Gasteiger partial charge in [0.2, 0.25) is 5.91 Å². The average Bonchev–Trinajstić information content (AvgIpc) is 2.64. The molecule has 0 spiro atoms. The minimum atomic E-state index is -0.414. The van der Waals surface area contributed by atoms with Gasteiger partial charge in [0.15, 0.2) is 0 Å². The van der Waals surface area contributed by atoms with Crippen molar-refractivity contribution >= 4 is 11.6 Å². The Balaban J connectivity index is 1.64. The fourth-order valence-corrected chi connectivity index (χ4v) is 4.01. The van der Waals surface area contributed by atoms with Crippen LogP contribution in [0, 0.1) is 5.41 Å². The zero-order chi connectivity index (χ0) is 17.5. The summed E-state index contributed by atoms with van der Waals surface area (Å²) in [4.78, 5) is 15.5. The lowest BCUT2D eigenvalue weighted by atomic mass is 9.78. The van der Waals surface area contributed by atoms with Crippen LogP contribution in [0.15, 0.2) is 24.3 Å². The third kappa shape index (κ3) is 4.81. The first-order chi connectivity index (χ1) is 12.2. The SMILES string of the molecule is COCC1(C(=O)Nc2cccc(CN3CCCCC3)c2)CCNCC1. The molecule has 2 fully saturated rings. The topological polar surface area (TPSA) is 53.6 Å². The number of amides is 1. The lowest BCUT2D eigenvalue weighted by molar-refractivity contribution is -0.130. The third-order valence-corrected chi connectivity index (χ3v) is 5.50. The second kappa shape index (κ2) is 8.79. The molecule has 2 aliphatic rings. The summed E-state index contributed by atoms with van der Waals surface area (Å²) in [5.41, 5.74) is 1.75. The minimum Gasteiger partial charge on any atom is -0.384 e. The van der Waals surface area contributed by atoms with E-state index in [0.717, 1.165) is 38.2 Å². The lowest BCUT2D eigenvalue weighted by Crippen LogP contribution is -2.47. The maximum absolute atomic E-state index is 13.0. The van der Waals surface area contributed by atoms with Crippen molar-refractivity contribution in [2.24, 2.45) is 5.41 Å². The van der Waals surface area contributed by atoms with Crippen LogP contribution in [0.3, 0.4) is 0 Å². The second-order valence-corrected chi connectivity index (χ2v) is 7.45. The smallest absolute Gasteiger partial charge is 0.233 e. The number of anilines is 1. The number of nitrogens with zero attached hydrogens (tertiary/aromatic N) is 1. The molecule has 2 aliphatic heterocycles. The predicted molar refractivity (Wildman–Crippen MR) is 101 cm³/mol. The Labute approximate surface area is 151 Å². The van der Waals surface area contributed by atoms with E-state index >= 15 is 0 Å². The fraction of sp³-hybridized carbons (Fsp3) is 0.650. The second-order valence-electron chi connectivity index (χ2n) is 7.45. The van der Waals surface area contributed by atoms with E-state index in [-0.39, 0.29) is 5.91 Å². The van der Waals surface area contributed by atoms with Crippen molar-refractivity contribution in [1.82, 2.24) is 10.2 Å². The number of piperidine rings is 2. The van der Waals surface area contributed by atoms with Gasteiger partial charge in [-0.15, -0.1) is 0 Å². The molecular weight excluding hydrogens is 314 g/mol. The maximum Gasteiger partial charge on any atom is 0.233 e. The van der Waals surface area contributed by atoms with Crippen molar-refractivity contribution in [2.75, 3.05) is 45.2 Å². The minimum absolute atomic E-state index is 0.0889. The number of methoxy groups -OCH3 is 1. The molecule has 3 rings (SSSR count). The number of likely N-dealkylation sites (tertiary alicyclic amines) is 1. The molecule has 2 saturated heterocycles. The van der Waals surface area contributed by atoms with E-state index in [2.05, 4.69) is 27.7 Å². The van der Waals surface area contributed by atoms with Crippen molar-refractivity contribution in [3.05, 3.63) is 29.8 Å². The average molecular weight is 345 g/mol. The lowest BCUT2D eigenvalue weighted by Gasteiger charge is -2.35. The Morgan fingerprint density at radius 3 is 2.72 bits per heavy atom. The fourth-order valence-electron chi connectivity index (χ4n) is 4.01. The van der Waals surface area contributed by atoms with Crippen LogP contribution >= 0.6 is 0 Å². The van der Waals surface area contributed by atoms with Crippen LogP contribution in [-0.2, 0) is 16.1 Å². The van der Waals surface area contributed by atoms with E-state index in [1.165, 1.54) is 37.9 Å². The van der Waals surface area contributed by atoms with Gasteiger partial charge in [-0.3, -0.25) is 9.69 Å². The molecule has 0 radical (unpaired) electrons. The van der Waals surface area contributed by atoms with E-state index in [4.69, 9.17) is 4.74 Å². The molecule has 0 aromatic heterocycles. The molecule has 0 saturated carbocycles. The quantitative estimate of drug-likeness (QED) is 0.832. The first-order valence-corrected chi connectivity index (χ1v) is 9.54. The molecule has 25 heavy (non-hydrogen) atoms. The van der Waals surface area contributed by atoms with Crippen LogP contribution in [0.25, 0.3) is 0 Å². The van der Waals surface area contributed by atoms with Gasteiger partial charge in [0.05, 0.1) is 12.0 Å². The summed E-state index contributed by atoms with van der Waals surface area (Å²) in [6.07, 6.45) is 5.58. The highest BCUT2D eigenvalue weighted by atomic mass is 16.5. The summed E-state index contributed by atoms with van der Waals surface area (Å²) in [5, 5.41) is 6.48. The van der Waals surface area contributed by atoms with Crippen molar-refractivity contribution in [1.29, 1.82) is 0 Å². The molecule has 1 aromatic carbocycles. The largest absolute Gasteiger partial charge is 0.384 e. The van der Waals surface area contributed by atoms with Crippen LogP contribution in [0.2, 0.25) is 0 Å². The molecule has 1 aromatic rings. The molecule has 5 heteroatoms. The molecule has 2 heterocycles. The Hall–Kier alpha value is -1.43. The summed E-state index contributed by atoms with van der Waals surface area (Å²) in [6, 6.07) is 8.30. The number of carbonyl (C=O) groups is 1. The van der Waals surface area contributed by atoms with Gasteiger partial charge in [-0.25, -0.2) is 0 Å². The zero-order valence-electron chi connectivity index (χ0n) is 15.4. The van der Waals surface area contributed by atoms with Gasteiger partial charge in [-0.2, -0.15) is 0 Å². The maximum atomic E-state index is 13.0. The number of nitrogens with one attached hydrogen (secondary N) is 2. The highest BCUT2D eigenvalue weighted by molar-refractivity contribution is 5.95. The summed E-state index contributed by atoms with van der Waals surface area (Å²) in [6.45, 7) is 5.55. The molecule has 5 nitrogen and oxygen atoms in total. The molecular formula is C20H31N3O2. The molecule has 0 unspecified atom stereocenters. The van der Waals surface area contributed by atoms with Crippen LogP contribution in [0.1, 0.15) is 37.7 Å². The van der Waals surface area contributed by atoms with Crippen LogP contribution in [-0.4, -0.2) is 50.7 Å². The van der Waals surface area contributed by atoms with E-state index in [1.54, 1.807) is 7.11 Å². The van der Waals surface area contributed by atoms with Crippen LogP contribution in [0.5, 0.6) is 0 Å². The van der Waals surface area contributed by atoms with E-state index in [0.29, 0.717) is 6.61 Å². The Kier molecular flexibility index (Phi) is 6.45. The van der Waals surface area contributed by atoms with Crippen molar-refractivity contribution in [2.45, 2.75) is 38.6 Å². The molecule has 0 atom stereocenters. The first kappa shape index (κ1) is 18.4. The number of rotatable bonds is 6. The normalized spacial score (nSPS) is 21.0. The van der Waals surface area contributed by atoms with Crippen LogP contribution in [0.4, 0.5) is 5.69 Å². The monoisotopic (exact) mass is 345 g/mol. The zero-order valence-corrected chi connectivity index (χ0v) is 15.4. The number of hydrogen-bond acceptors (Lipinski definition) is 4. The molecule has 138 valence electrons. The van der Waals surface area contributed by atoms with Gasteiger partial charge in [-0.1, -0.05) is 18.6 Å². The Morgan fingerprint density at radius 2 is 2.00 bits per heavy atom. The molecule has 2 N–H and O–H groups in total. The highest BCUT2D eigenvalue weighted by Crippen LogP contribution is 2.31. The molecule has 0 bridgehead atoms. The van der Waals surface area contributed by atoms with Gasteiger partial charge >= 0.3 is 0 Å². The van der Waals surface area contributed by atoms with Gasteiger partial charge < -0.3 is 15.4 Å². The summed E-state index contributed by atoms with van der Waals surface area (Å²) < 4.78 is 5.37. The van der Waals surface area contributed by atoms with Gasteiger partial charge in [0.25, 0.3) is 0 Å². The Morgan fingerprint density at radius 1 is 1.24 bits per heavy atom. The highest BCUT2D eigenvalue weighted by Gasteiger charge is 2.39. The van der Waals surface area contributed by atoms with E-state index in [1.807, 2.05) is 12.1 Å². The van der Waals surface area contributed by atoms with E-state index < -0.39 is 5.41 Å². The van der Waals surface area contributed by atoms with Gasteiger partial charge in [0, 0.05) is 19.3 Å². The molecule has 1 amide bonds. The third-order valence-electron chi connectivity index (χ3n) is 5.50. The van der Waals surface area contributed by atoms with Crippen molar-refractivity contribution in [3.63, 3.8) is 0 Å². The summed E-state index contributed by atoms with van der Waals surface area (Å²) in [7, 11) is 1.68. The standard InChI is InChI=1S/C20H31N3O2/c1-25-16-20(8-10-21-11-9-20)19(24)22-18-7-5-6-17(14-18)15-23-12-3-2-4-13-23/h5-7,14,21H,2-4,8-13,15-16H2,1H3,(H,22,24). The van der Waals surface area contributed by atoms with Gasteiger partial charge in [0.1, 0.15) is 0 Å². The Bertz CT molecular complexity index is 558. The summed E-state index contributed by atoms with van der Waals surface area (Å²) in [5.74, 6) is 0.0889. The first-order valence-electron chi connectivity index (χ1n) is 9.54.